The molecule has 2 atom stereocenters. The van der Waals surface area contributed by atoms with Gasteiger partial charge in [-0.1, -0.05) is 12.1 Å². The molecule has 0 radical (unpaired) electrons. The normalized spacial score (nSPS) is 27.0. The number of rotatable bonds is 3. The van der Waals surface area contributed by atoms with Gasteiger partial charge in [-0.05, 0) is 32.2 Å². The van der Waals surface area contributed by atoms with Gasteiger partial charge >= 0.3 is 0 Å². The first-order valence-electron chi connectivity index (χ1n) is 5.26. The molecule has 0 saturated heterocycles. The highest BCUT2D eigenvalue weighted by molar-refractivity contribution is 4.97. The quantitative estimate of drug-likeness (QED) is 0.797. The average molecular weight is 195 g/mol. The summed E-state index contributed by atoms with van der Waals surface area (Å²) in [5, 5.41) is 6.94. The van der Waals surface area contributed by atoms with Gasteiger partial charge in [-0.25, -0.2) is 0 Å². The molecule has 1 aromatic rings. The highest BCUT2D eigenvalue weighted by Gasteiger charge is 2.27. The molecule has 1 heterocycles. The summed E-state index contributed by atoms with van der Waals surface area (Å²) in [5.41, 5.74) is 0. The minimum absolute atomic E-state index is 0.503. The highest BCUT2D eigenvalue weighted by atomic mass is 16.5. The zero-order valence-corrected chi connectivity index (χ0v) is 8.79. The molecule has 4 heteroatoms. The topological polar surface area (TPSA) is 51.0 Å². The summed E-state index contributed by atoms with van der Waals surface area (Å²) in [6.07, 6.45) is 3.68. The van der Waals surface area contributed by atoms with Crippen molar-refractivity contribution in [2.45, 2.75) is 38.6 Å². The summed E-state index contributed by atoms with van der Waals surface area (Å²) >= 11 is 0. The summed E-state index contributed by atoms with van der Waals surface area (Å²) < 4.78 is 5.25. The molecule has 2 unspecified atom stereocenters. The van der Waals surface area contributed by atoms with Gasteiger partial charge in [-0.2, -0.15) is 4.98 Å². The molecule has 0 amide bonds. The van der Waals surface area contributed by atoms with Crippen LogP contribution in [-0.2, 0) is 6.54 Å². The lowest BCUT2D eigenvalue weighted by Crippen LogP contribution is -2.06. The Labute approximate surface area is 84.1 Å². The van der Waals surface area contributed by atoms with Gasteiger partial charge < -0.3 is 9.84 Å². The second-order valence-electron chi connectivity index (χ2n) is 4.19. The molecule has 2 rings (SSSR count). The summed E-state index contributed by atoms with van der Waals surface area (Å²) in [6, 6.07) is 0. The number of aromatic nitrogens is 2. The lowest BCUT2D eigenvalue weighted by Gasteiger charge is -2.01. The first-order valence-corrected chi connectivity index (χ1v) is 5.26. The third kappa shape index (κ3) is 1.95. The van der Waals surface area contributed by atoms with E-state index >= 15 is 0 Å². The molecule has 0 aliphatic heterocycles. The predicted molar refractivity (Wildman–Crippen MR) is 52.8 cm³/mol. The van der Waals surface area contributed by atoms with Crippen LogP contribution < -0.4 is 5.32 Å². The van der Waals surface area contributed by atoms with Crippen LogP contribution in [0.15, 0.2) is 4.52 Å². The van der Waals surface area contributed by atoms with Crippen LogP contribution in [0.4, 0.5) is 0 Å². The largest absolute Gasteiger partial charge is 0.339 e. The van der Waals surface area contributed by atoms with Crippen LogP contribution in [0, 0.1) is 5.92 Å². The van der Waals surface area contributed by atoms with Gasteiger partial charge in [0.15, 0.2) is 5.82 Å². The zero-order valence-electron chi connectivity index (χ0n) is 8.79. The minimum atomic E-state index is 0.503. The van der Waals surface area contributed by atoms with Crippen LogP contribution in [-0.4, -0.2) is 17.2 Å². The molecule has 4 nitrogen and oxygen atoms in total. The lowest BCUT2D eigenvalue weighted by atomic mass is 10.1. The van der Waals surface area contributed by atoms with Crippen molar-refractivity contribution in [3.8, 4) is 0 Å². The Kier molecular flexibility index (Phi) is 2.82. The van der Waals surface area contributed by atoms with E-state index in [2.05, 4.69) is 22.4 Å². The fraction of sp³-hybridized carbons (Fsp3) is 0.800. The van der Waals surface area contributed by atoms with Crippen LogP contribution in [0.2, 0.25) is 0 Å². The molecule has 78 valence electrons. The van der Waals surface area contributed by atoms with Gasteiger partial charge in [-0.15, -0.1) is 0 Å². The van der Waals surface area contributed by atoms with Crippen molar-refractivity contribution in [1.29, 1.82) is 0 Å². The average Bonchev–Trinajstić information content (AvgIpc) is 2.74. The number of hydrogen-bond donors (Lipinski definition) is 1. The van der Waals surface area contributed by atoms with Crippen LogP contribution in [0.5, 0.6) is 0 Å². The van der Waals surface area contributed by atoms with E-state index < -0.39 is 0 Å². The van der Waals surface area contributed by atoms with E-state index in [-0.39, 0.29) is 0 Å². The Bertz CT molecular complexity index is 297. The molecular formula is C10H17N3O. The van der Waals surface area contributed by atoms with Gasteiger partial charge in [0, 0.05) is 5.92 Å². The maximum atomic E-state index is 5.25. The second kappa shape index (κ2) is 4.09. The van der Waals surface area contributed by atoms with E-state index in [0.29, 0.717) is 12.5 Å². The number of hydrogen-bond acceptors (Lipinski definition) is 4. The first kappa shape index (κ1) is 9.65. The lowest BCUT2D eigenvalue weighted by molar-refractivity contribution is 0.347. The Morgan fingerprint density at radius 3 is 3.00 bits per heavy atom. The van der Waals surface area contributed by atoms with Gasteiger partial charge in [0.1, 0.15) is 0 Å². The Morgan fingerprint density at radius 2 is 2.36 bits per heavy atom. The van der Waals surface area contributed by atoms with Crippen LogP contribution >= 0.6 is 0 Å². The van der Waals surface area contributed by atoms with Crippen molar-refractivity contribution in [3.63, 3.8) is 0 Å². The van der Waals surface area contributed by atoms with E-state index in [1.165, 1.54) is 19.3 Å². The minimum Gasteiger partial charge on any atom is -0.339 e. The number of nitrogens with one attached hydrogen (secondary N) is 1. The van der Waals surface area contributed by atoms with E-state index in [0.717, 1.165) is 17.6 Å². The molecule has 1 aliphatic carbocycles. The molecule has 1 saturated carbocycles. The maximum Gasteiger partial charge on any atom is 0.229 e. The Morgan fingerprint density at radius 1 is 1.50 bits per heavy atom. The van der Waals surface area contributed by atoms with E-state index in [1.54, 1.807) is 0 Å². The van der Waals surface area contributed by atoms with Gasteiger partial charge in [0.2, 0.25) is 5.89 Å². The van der Waals surface area contributed by atoms with E-state index in [9.17, 15) is 0 Å². The predicted octanol–water partition coefficient (Wildman–Crippen LogP) is 1.69. The van der Waals surface area contributed by atoms with Crippen molar-refractivity contribution in [1.82, 2.24) is 15.5 Å². The molecule has 1 aromatic heterocycles. The van der Waals surface area contributed by atoms with Crippen molar-refractivity contribution in [2.75, 3.05) is 7.05 Å². The standard InChI is InChI=1S/C10H17N3O/c1-7-3-4-8(5-7)10-12-9(6-11-2)13-14-10/h7-8,11H,3-6H2,1-2H3. The fourth-order valence-electron chi connectivity index (χ4n) is 2.09. The van der Waals surface area contributed by atoms with Gasteiger partial charge in [-0.3, -0.25) is 0 Å². The Balaban J connectivity index is 2.02. The summed E-state index contributed by atoms with van der Waals surface area (Å²) in [6.45, 7) is 2.97. The molecule has 1 N–H and O–H groups in total. The van der Waals surface area contributed by atoms with Crippen molar-refractivity contribution in [3.05, 3.63) is 11.7 Å². The zero-order chi connectivity index (χ0) is 9.97. The highest BCUT2D eigenvalue weighted by Crippen LogP contribution is 2.36. The van der Waals surface area contributed by atoms with Gasteiger partial charge in [0.25, 0.3) is 0 Å². The SMILES string of the molecule is CNCc1noc(C2CCC(C)C2)n1. The molecule has 1 aliphatic rings. The van der Waals surface area contributed by atoms with Crippen LogP contribution in [0.3, 0.4) is 0 Å². The molecule has 0 bridgehead atoms. The smallest absolute Gasteiger partial charge is 0.229 e. The first-order chi connectivity index (χ1) is 6.79. The summed E-state index contributed by atoms with van der Waals surface area (Å²) in [5.74, 6) is 2.91. The summed E-state index contributed by atoms with van der Waals surface area (Å²) in [7, 11) is 1.88. The van der Waals surface area contributed by atoms with Gasteiger partial charge in [0.05, 0.1) is 6.54 Å². The van der Waals surface area contributed by atoms with Crippen molar-refractivity contribution < 1.29 is 4.52 Å². The van der Waals surface area contributed by atoms with E-state index in [1.807, 2.05) is 7.05 Å². The van der Waals surface area contributed by atoms with Crippen LogP contribution in [0.1, 0.15) is 43.8 Å². The molecule has 1 fully saturated rings. The number of nitrogens with zero attached hydrogens (tertiary/aromatic N) is 2. The van der Waals surface area contributed by atoms with Crippen LogP contribution in [0.25, 0.3) is 0 Å². The van der Waals surface area contributed by atoms with Crippen molar-refractivity contribution >= 4 is 0 Å². The fourth-order valence-corrected chi connectivity index (χ4v) is 2.09. The summed E-state index contributed by atoms with van der Waals surface area (Å²) in [4.78, 5) is 4.38. The monoisotopic (exact) mass is 195 g/mol. The molecular weight excluding hydrogens is 178 g/mol. The molecule has 0 aromatic carbocycles. The third-order valence-corrected chi connectivity index (χ3v) is 2.86. The Hall–Kier alpha value is -0.900. The third-order valence-electron chi connectivity index (χ3n) is 2.86. The van der Waals surface area contributed by atoms with Crippen molar-refractivity contribution in [2.24, 2.45) is 5.92 Å². The maximum absolute atomic E-state index is 5.25. The second-order valence-corrected chi connectivity index (χ2v) is 4.19. The molecule has 0 spiro atoms. The van der Waals surface area contributed by atoms with E-state index in [4.69, 9.17) is 4.52 Å². The molecule has 14 heavy (non-hydrogen) atoms.